The fraction of sp³-hybridized carbons (Fsp3) is 0.645. The highest BCUT2D eigenvalue weighted by Crippen LogP contribution is 2.66. The lowest BCUT2D eigenvalue weighted by atomic mass is 9.46. The van der Waals surface area contributed by atoms with Gasteiger partial charge in [-0.05, 0) is 96.8 Å². The van der Waals surface area contributed by atoms with Gasteiger partial charge in [0.25, 0.3) is 0 Å². The van der Waals surface area contributed by atoms with Crippen LogP contribution in [0.15, 0.2) is 53.1 Å². The van der Waals surface area contributed by atoms with Gasteiger partial charge >= 0.3 is 5.97 Å². The molecule has 6 atom stereocenters. The van der Waals surface area contributed by atoms with Gasteiger partial charge in [0.2, 0.25) is 0 Å². The molecule has 1 aromatic rings. The number of ether oxygens (including phenoxy) is 1. The zero-order valence-corrected chi connectivity index (χ0v) is 21.7. The van der Waals surface area contributed by atoms with Gasteiger partial charge in [-0.2, -0.15) is 0 Å². The summed E-state index contributed by atoms with van der Waals surface area (Å²) in [6.45, 7) is 12.1. The summed E-state index contributed by atoms with van der Waals surface area (Å²) in [4.78, 5) is 12.9. The van der Waals surface area contributed by atoms with Gasteiger partial charge in [-0.3, -0.25) is 0 Å². The summed E-state index contributed by atoms with van der Waals surface area (Å²) in [5.41, 5.74) is 5.93. The molecule has 3 heteroatoms. The lowest BCUT2D eigenvalue weighted by Gasteiger charge is -2.59. The average molecular weight is 463 g/mol. The minimum atomic E-state index is -0.188. The van der Waals surface area contributed by atoms with E-state index in [9.17, 15) is 9.90 Å². The van der Waals surface area contributed by atoms with E-state index in [1.165, 1.54) is 12.8 Å². The largest absolute Gasteiger partial charge is 0.458 e. The Morgan fingerprint density at radius 2 is 1.79 bits per heavy atom. The Kier molecular flexibility index (Phi) is 5.87. The molecule has 0 amide bonds. The van der Waals surface area contributed by atoms with Crippen molar-refractivity contribution in [2.75, 3.05) is 6.61 Å². The monoisotopic (exact) mass is 462 g/mol. The Morgan fingerprint density at radius 1 is 1.06 bits per heavy atom. The minimum absolute atomic E-state index is 0.0465. The molecule has 1 N–H and O–H groups in total. The molecule has 0 bridgehead atoms. The van der Waals surface area contributed by atoms with Crippen molar-refractivity contribution in [1.82, 2.24) is 0 Å². The molecule has 0 aliphatic heterocycles. The number of carbonyl (C=O) groups excluding carboxylic acids is 1. The summed E-state index contributed by atoms with van der Waals surface area (Å²) in [5, 5.41) is 9.87. The molecule has 5 rings (SSSR count). The fourth-order valence-corrected chi connectivity index (χ4v) is 8.67. The second-order valence-corrected chi connectivity index (χ2v) is 12.6. The zero-order chi connectivity index (χ0) is 24.3. The molecule has 4 aliphatic rings. The molecule has 0 aromatic heterocycles. The average Bonchev–Trinajstić information content (AvgIpc) is 3.18. The number of benzene rings is 1. The molecule has 184 valence electrons. The second-order valence-electron chi connectivity index (χ2n) is 12.6. The van der Waals surface area contributed by atoms with E-state index in [0.717, 1.165) is 32.1 Å². The van der Waals surface area contributed by atoms with Crippen molar-refractivity contribution in [2.24, 2.45) is 34.0 Å². The third-order valence-corrected chi connectivity index (χ3v) is 10.6. The van der Waals surface area contributed by atoms with Crippen LogP contribution in [0.3, 0.4) is 0 Å². The van der Waals surface area contributed by atoms with Gasteiger partial charge < -0.3 is 9.84 Å². The molecule has 0 radical (unpaired) electrons. The van der Waals surface area contributed by atoms with E-state index in [4.69, 9.17) is 4.74 Å². The topological polar surface area (TPSA) is 46.5 Å². The van der Waals surface area contributed by atoms with Crippen LogP contribution in [0.25, 0.3) is 0 Å². The highest BCUT2D eigenvalue weighted by molar-refractivity contribution is 5.89. The standard InChI is InChI=1S/C31H42O3/c1-20(19-32)23-12-13-24-22-11-14-26-29(2,3)27(34-28(33)21-9-7-6-8-10-21)16-18-31(26,5)25(22)15-17-30(23,24)4/h6-10,13,20,23,26-27,32H,11-12,14-19H2,1-5H3/t20-,23?,26?,27?,30?,31?/m1/s1. The van der Waals surface area contributed by atoms with Gasteiger partial charge in [-0.25, -0.2) is 4.79 Å². The van der Waals surface area contributed by atoms with E-state index in [-0.39, 0.29) is 34.9 Å². The summed E-state index contributed by atoms with van der Waals surface area (Å²) in [6, 6.07) is 9.42. The Hall–Kier alpha value is -1.87. The van der Waals surface area contributed by atoms with Gasteiger partial charge in [0.15, 0.2) is 0 Å². The zero-order valence-electron chi connectivity index (χ0n) is 21.7. The van der Waals surface area contributed by atoms with Crippen LogP contribution in [0.4, 0.5) is 0 Å². The molecule has 34 heavy (non-hydrogen) atoms. The van der Waals surface area contributed by atoms with Crippen LogP contribution in [-0.4, -0.2) is 23.8 Å². The highest BCUT2D eigenvalue weighted by Gasteiger charge is 2.58. The second kappa shape index (κ2) is 8.36. The van der Waals surface area contributed by atoms with Crippen LogP contribution in [0.2, 0.25) is 0 Å². The van der Waals surface area contributed by atoms with Crippen LogP contribution in [-0.2, 0) is 4.74 Å². The lowest BCUT2D eigenvalue weighted by Crippen LogP contribution is -2.54. The number of aliphatic hydroxyl groups is 1. The molecule has 1 saturated carbocycles. The Balaban J connectivity index is 1.41. The van der Waals surface area contributed by atoms with Gasteiger partial charge in [-0.15, -0.1) is 0 Å². The van der Waals surface area contributed by atoms with Crippen molar-refractivity contribution >= 4 is 5.97 Å². The predicted octanol–water partition coefficient (Wildman–Crippen LogP) is 7.12. The van der Waals surface area contributed by atoms with Crippen LogP contribution in [0, 0.1) is 34.0 Å². The molecule has 0 heterocycles. The van der Waals surface area contributed by atoms with E-state index in [2.05, 4.69) is 40.7 Å². The van der Waals surface area contributed by atoms with Crippen LogP contribution >= 0.6 is 0 Å². The molecule has 1 aromatic carbocycles. The van der Waals surface area contributed by atoms with Crippen molar-refractivity contribution in [1.29, 1.82) is 0 Å². The van der Waals surface area contributed by atoms with Crippen molar-refractivity contribution in [3.05, 3.63) is 58.7 Å². The van der Waals surface area contributed by atoms with Crippen LogP contribution in [0.1, 0.15) is 89.9 Å². The van der Waals surface area contributed by atoms with Crippen molar-refractivity contribution < 1.29 is 14.6 Å². The van der Waals surface area contributed by atoms with E-state index in [0.29, 0.717) is 23.3 Å². The quantitative estimate of drug-likeness (QED) is 0.485. The number of hydrogen-bond acceptors (Lipinski definition) is 3. The van der Waals surface area contributed by atoms with Gasteiger partial charge in [0.1, 0.15) is 6.10 Å². The molecule has 1 fully saturated rings. The number of allylic oxidation sites excluding steroid dienone is 4. The van der Waals surface area contributed by atoms with Crippen molar-refractivity contribution in [2.45, 2.75) is 85.7 Å². The molecule has 4 aliphatic carbocycles. The third-order valence-electron chi connectivity index (χ3n) is 10.6. The van der Waals surface area contributed by atoms with E-state index >= 15 is 0 Å². The maximum Gasteiger partial charge on any atom is 0.338 e. The lowest BCUT2D eigenvalue weighted by molar-refractivity contribution is -0.0993. The van der Waals surface area contributed by atoms with E-state index in [1.54, 1.807) is 16.7 Å². The highest BCUT2D eigenvalue weighted by atomic mass is 16.5. The summed E-state index contributed by atoms with van der Waals surface area (Å²) >= 11 is 0. The summed E-state index contributed by atoms with van der Waals surface area (Å²) in [7, 11) is 0. The number of esters is 1. The SMILES string of the molecule is C[C@H](CO)C1CC=C2C3=C(CCC21C)C1(C)CCC(OC(=O)c2ccccc2)C(C)(C)C1CC3. The number of fused-ring (bicyclic) bond motifs is 4. The first-order valence-corrected chi connectivity index (χ1v) is 13.4. The fourth-order valence-electron chi connectivity index (χ4n) is 8.67. The molecule has 0 saturated heterocycles. The smallest absolute Gasteiger partial charge is 0.338 e. The van der Waals surface area contributed by atoms with Gasteiger partial charge in [0.05, 0.1) is 5.56 Å². The van der Waals surface area contributed by atoms with E-state index in [1.807, 2.05) is 30.3 Å². The molecular formula is C31H42O3. The van der Waals surface area contributed by atoms with Crippen molar-refractivity contribution in [3.8, 4) is 0 Å². The predicted molar refractivity (Wildman–Crippen MR) is 136 cm³/mol. The number of rotatable bonds is 4. The Bertz CT molecular complexity index is 1020. The summed E-state index contributed by atoms with van der Waals surface area (Å²) in [5.74, 6) is 1.23. The molecular weight excluding hydrogens is 420 g/mol. The number of aliphatic hydroxyl groups excluding tert-OH is 1. The van der Waals surface area contributed by atoms with Crippen LogP contribution < -0.4 is 0 Å². The molecule has 3 nitrogen and oxygen atoms in total. The minimum Gasteiger partial charge on any atom is -0.458 e. The molecule has 0 spiro atoms. The van der Waals surface area contributed by atoms with Gasteiger partial charge in [-0.1, -0.05) is 64.5 Å². The number of hydrogen-bond donors (Lipinski definition) is 1. The summed E-state index contributed by atoms with van der Waals surface area (Å²) in [6.07, 6.45) is 10.3. The first kappa shape index (κ1) is 23.9. The third kappa shape index (κ3) is 3.45. The first-order chi connectivity index (χ1) is 16.1. The maximum atomic E-state index is 12.9. The number of carbonyl (C=O) groups is 1. The normalized spacial score (nSPS) is 37.2. The maximum absolute atomic E-state index is 12.9. The van der Waals surface area contributed by atoms with E-state index < -0.39 is 0 Å². The Morgan fingerprint density at radius 3 is 2.50 bits per heavy atom. The van der Waals surface area contributed by atoms with Crippen LogP contribution in [0.5, 0.6) is 0 Å². The van der Waals surface area contributed by atoms with Gasteiger partial charge in [0, 0.05) is 12.0 Å². The summed E-state index contributed by atoms with van der Waals surface area (Å²) < 4.78 is 6.17. The van der Waals surface area contributed by atoms with Crippen molar-refractivity contribution in [3.63, 3.8) is 0 Å². The Labute approximate surface area is 205 Å². The first-order valence-electron chi connectivity index (χ1n) is 13.4. The molecule has 5 unspecified atom stereocenters.